The van der Waals surface area contributed by atoms with Crippen LogP contribution in [-0.2, 0) is 4.74 Å². The number of rotatable bonds is 3. The summed E-state index contributed by atoms with van der Waals surface area (Å²) in [6.07, 6.45) is 2.51. The predicted octanol–water partition coefficient (Wildman–Crippen LogP) is 3.50. The van der Waals surface area contributed by atoms with Gasteiger partial charge in [-0.3, -0.25) is 0 Å². The lowest BCUT2D eigenvalue weighted by atomic mass is 10.2. The standard InChI is InChI=1S/C11H12ClIO2/c12-8-3-4-11(10(13)6-8)15-7-9-2-1-5-14-9/h3-4,6,9H,1-2,5,7H2. The monoisotopic (exact) mass is 338 g/mol. The maximum atomic E-state index is 5.86. The molecule has 1 aromatic rings. The van der Waals surface area contributed by atoms with Crippen molar-refractivity contribution < 1.29 is 9.47 Å². The van der Waals surface area contributed by atoms with Crippen molar-refractivity contribution in [2.24, 2.45) is 0 Å². The molecule has 1 aliphatic rings. The number of hydrogen-bond donors (Lipinski definition) is 0. The van der Waals surface area contributed by atoms with Crippen molar-refractivity contribution in [3.05, 3.63) is 26.8 Å². The Labute approximate surface area is 108 Å². The molecule has 2 rings (SSSR count). The molecule has 0 bridgehead atoms. The molecule has 82 valence electrons. The maximum Gasteiger partial charge on any atom is 0.132 e. The Kier molecular flexibility index (Phi) is 4.11. The molecule has 0 radical (unpaired) electrons. The Balaban J connectivity index is 1.92. The molecule has 1 saturated heterocycles. The average Bonchev–Trinajstić information content (AvgIpc) is 2.69. The first kappa shape index (κ1) is 11.5. The van der Waals surface area contributed by atoms with Crippen LogP contribution in [0.1, 0.15) is 12.8 Å². The summed E-state index contributed by atoms with van der Waals surface area (Å²) < 4.78 is 12.2. The molecule has 0 aromatic heterocycles. The van der Waals surface area contributed by atoms with Gasteiger partial charge in [-0.05, 0) is 53.6 Å². The van der Waals surface area contributed by atoms with Gasteiger partial charge in [-0.2, -0.15) is 0 Å². The van der Waals surface area contributed by atoms with Crippen LogP contribution in [0.4, 0.5) is 0 Å². The summed E-state index contributed by atoms with van der Waals surface area (Å²) in [6.45, 7) is 1.50. The van der Waals surface area contributed by atoms with Gasteiger partial charge in [0.1, 0.15) is 12.4 Å². The average molecular weight is 339 g/mol. The zero-order chi connectivity index (χ0) is 10.7. The smallest absolute Gasteiger partial charge is 0.132 e. The Hall–Kier alpha value is -0.000000000000000111. The largest absolute Gasteiger partial charge is 0.490 e. The fraction of sp³-hybridized carbons (Fsp3) is 0.455. The van der Waals surface area contributed by atoms with E-state index in [2.05, 4.69) is 22.6 Å². The quantitative estimate of drug-likeness (QED) is 0.785. The molecular weight excluding hydrogens is 326 g/mol. The Morgan fingerprint density at radius 1 is 1.53 bits per heavy atom. The third-order valence-corrected chi connectivity index (χ3v) is 3.42. The van der Waals surface area contributed by atoms with Gasteiger partial charge < -0.3 is 9.47 Å². The van der Waals surface area contributed by atoms with Crippen LogP contribution in [0.25, 0.3) is 0 Å². The molecule has 1 fully saturated rings. The molecular formula is C11H12ClIO2. The van der Waals surface area contributed by atoms with E-state index in [1.807, 2.05) is 18.2 Å². The molecule has 0 amide bonds. The van der Waals surface area contributed by atoms with Crippen molar-refractivity contribution in [1.29, 1.82) is 0 Å². The van der Waals surface area contributed by atoms with Crippen molar-refractivity contribution in [3.8, 4) is 5.75 Å². The van der Waals surface area contributed by atoms with Crippen molar-refractivity contribution >= 4 is 34.2 Å². The molecule has 0 spiro atoms. The van der Waals surface area contributed by atoms with Crippen molar-refractivity contribution in [3.63, 3.8) is 0 Å². The fourth-order valence-corrected chi connectivity index (χ4v) is 2.58. The van der Waals surface area contributed by atoms with Crippen LogP contribution in [0.15, 0.2) is 18.2 Å². The van der Waals surface area contributed by atoms with E-state index in [0.29, 0.717) is 6.61 Å². The van der Waals surface area contributed by atoms with E-state index in [9.17, 15) is 0 Å². The van der Waals surface area contributed by atoms with E-state index in [1.54, 1.807) is 0 Å². The minimum Gasteiger partial charge on any atom is -0.490 e. The Morgan fingerprint density at radius 2 is 2.40 bits per heavy atom. The Bertz CT molecular complexity index is 337. The molecule has 15 heavy (non-hydrogen) atoms. The van der Waals surface area contributed by atoms with Crippen molar-refractivity contribution in [1.82, 2.24) is 0 Å². The lowest BCUT2D eigenvalue weighted by Gasteiger charge is -2.12. The molecule has 1 atom stereocenters. The van der Waals surface area contributed by atoms with E-state index in [4.69, 9.17) is 21.1 Å². The number of halogens is 2. The first-order chi connectivity index (χ1) is 7.25. The molecule has 0 N–H and O–H groups in total. The van der Waals surface area contributed by atoms with Gasteiger partial charge in [-0.1, -0.05) is 11.6 Å². The Morgan fingerprint density at radius 3 is 3.07 bits per heavy atom. The molecule has 1 unspecified atom stereocenters. The minimum atomic E-state index is 0.261. The summed E-state index contributed by atoms with van der Waals surface area (Å²) >= 11 is 8.08. The summed E-state index contributed by atoms with van der Waals surface area (Å²) in [7, 11) is 0. The van der Waals surface area contributed by atoms with Crippen LogP contribution in [0, 0.1) is 3.57 Å². The highest BCUT2D eigenvalue weighted by atomic mass is 127. The molecule has 0 aliphatic carbocycles. The van der Waals surface area contributed by atoms with Gasteiger partial charge in [0, 0.05) is 11.6 Å². The van der Waals surface area contributed by atoms with Crippen LogP contribution in [0.5, 0.6) is 5.75 Å². The van der Waals surface area contributed by atoms with Gasteiger partial charge in [0.05, 0.1) is 9.67 Å². The SMILES string of the molecule is Clc1ccc(OCC2CCCO2)c(I)c1. The van der Waals surface area contributed by atoms with Gasteiger partial charge in [-0.25, -0.2) is 0 Å². The second-order valence-electron chi connectivity index (χ2n) is 3.52. The second-order valence-corrected chi connectivity index (χ2v) is 5.12. The van der Waals surface area contributed by atoms with E-state index in [-0.39, 0.29) is 6.10 Å². The summed E-state index contributed by atoms with van der Waals surface area (Å²) in [5.74, 6) is 0.885. The maximum absolute atomic E-state index is 5.86. The molecule has 2 nitrogen and oxygen atoms in total. The topological polar surface area (TPSA) is 18.5 Å². The van der Waals surface area contributed by atoms with E-state index in [1.165, 1.54) is 0 Å². The second kappa shape index (κ2) is 5.37. The molecule has 1 aliphatic heterocycles. The van der Waals surface area contributed by atoms with Crippen LogP contribution in [0.2, 0.25) is 5.02 Å². The number of hydrogen-bond acceptors (Lipinski definition) is 2. The van der Waals surface area contributed by atoms with Crippen molar-refractivity contribution in [2.75, 3.05) is 13.2 Å². The first-order valence-electron chi connectivity index (χ1n) is 4.95. The van der Waals surface area contributed by atoms with Crippen LogP contribution in [0.3, 0.4) is 0 Å². The van der Waals surface area contributed by atoms with Crippen LogP contribution < -0.4 is 4.74 Å². The highest BCUT2D eigenvalue weighted by Gasteiger charge is 2.16. The molecule has 0 saturated carbocycles. The summed E-state index contributed by atoms with van der Waals surface area (Å²) in [6, 6.07) is 5.64. The molecule has 1 aromatic carbocycles. The summed E-state index contributed by atoms with van der Waals surface area (Å²) in [5, 5.41) is 0.740. The highest BCUT2D eigenvalue weighted by Crippen LogP contribution is 2.25. The predicted molar refractivity (Wildman–Crippen MR) is 68.6 cm³/mol. The van der Waals surface area contributed by atoms with Gasteiger partial charge in [0.15, 0.2) is 0 Å². The van der Waals surface area contributed by atoms with Gasteiger partial charge >= 0.3 is 0 Å². The normalized spacial score (nSPS) is 20.5. The summed E-state index contributed by atoms with van der Waals surface area (Å²) in [5.41, 5.74) is 0. The van der Waals surface area contributed by atoms with Gasteiger partial charge in [0.25, 0.3) is 0 Å². The van der Waals surface area contributed by atoms with Gasteiger partial charge in [-0.15, -0.1) is 0 Å². The third kappa shape index (κ3) is 3.23. The molecule has 4 heteroatoms. The van der Waals surface area contributed by atoms with Gasteiger partial charge in [0.2, 0.25) is 0 Å². The fourth-order valence-electron chi connectivity index (χ4n) is 1.55. The number of ether oxygens (including phenoxy) is 2. The van der Waals surface area contributed by atoms with Crippen molar-refractivity contribution in [2.45, 2.75) is 18.9 Å². The van der Waals surface area contributed by atoms with E-state index < -0.39 is 0 Å². The zero-order valence-electron chi connectivity index (χ0n) is 8.21. The zero-order valence-corrected chi connectivity index (χ0v) is 11.1. The van der Waals surface area contributed by atoms with Crippen LogP contribution >= 0.6 is 34.2 Å². The minimum absolute atomic E-state index is 0.261. The third-order valence-electron chi connectivity index (χ3n) is 2.34. The lowest BCUT2D eigenvalue weighted by molar-refractivity contribution is 0.0676. The summed E-state index contributed by atoms with van der Waals surface area (Å²) in [4.78, 5) is 0. The highest BCUT2D eigenvalue weighted by molar-refractivity contribution is 14.1. The lowest BCUT2D eigenvalue weighted by Crippen LogP contribution is -2.16. The number of benzene rings is 1. The van der Waals surface area contributed by atoms with Crippen LogP contribution in [-0.4, -0.2) is 19.3 Å². The van der Waals surface area contributed by atoms with E-state index >= 15 is 0 Å². The first-order valence-corrected chi connectivity index (χ1v) is 6.41. The molecule has 1 heterocycles. The van der Waals surface area contributed by atoms with E-state index in [0.717, 1.165) is 33.8 Å².